The molecule has 4 rings (SSSR count). The van der Waals surface area contributed by atoms with Gasteiger partial charge in [0.15, 0.2) is 0 Å². The van der Waals surface area contributed by atoms with Crippen LogP contribution in [0.15, 0.2) is 67.1 Å². The first kappa shape index (κ1) is 18.6. The van der Waals surface area contributed by atoms with Crippen molar-refractivity contribution in [3.05, 3.63) is 83.4 Å². The van der Waals surface area contributed by atoms with E-state index in [9.17, 15) is 4.79 Å². The number of carbonyl (C=O) groups is 1. The molecule has 3 aromatic rings. The highest BCUT2D eigenvalue weighted by atomic mass is 35.5. The van der Waals surface area contributed by atoms with E-state index >= 15 is 0 Å². The lowest BCUT2D eigenvalue weighted by atomic mass is 9.89. The molecule has 1 fully saturated rings. The monoisotopic (exact) mass is 391 g/mol. The number of amides is 1. The molecule has 28 heavy (non-hydrogen) atoms. The topological polar surface area (TPSA) is 46.1 Å². The van der Waals surface area contributed by atoms with Crippen molar-refractivity contribution in [3.8, 4) is 11.1 Å². The lowest BCUT2D eigenvalue weighted by molar-refractivity contribution is -0.131. The minimum absolute atomic E-state index is 0.171. The van der Waals surface area contributed by atoms with Crippen LogP contribution in [0.3, 0.4) is 0 Å². The van der Waals surface area contributed by atoms with Crippen molar-refractivity contribution in [2.45, 2.75) is 25.2 Å². The maximum atomic E-state index is 12.8. The quantitative estimate of drug-likeness (QED) is 0.645. The molecular weight excluding hydrogens is 370 g/mol. The van der Waals surface area contributed by atoms with Gasteiger partial charge in [-0.15, -0.1) is 0 Å². The molecule has 0 bridgehead atoms. The van der Waals surface area contributed by atoms with Gasteiger partial charge in [0.05, 0.1) is 12.1 Å². The summed E-state index contributed by atoms with van der Waals surface area (Å²) in [5, 5.41) is 0.686. The molecule has 1 aliphatic heterocycles. The summed E-state index contributed by atoms with van der Waals surface area (Å²) < 4.78 is 0. The molecular formula is C23H22ClN3O. The number of likely N-dealkylation sites (tertiary alicyclic amines) is 1. The van der Waals surface area contributed by atoms with E-state index in [1.54, 1.807) is 6.33 Å². The molecule has 1 amide bonds. The Morgan fingerprint density at radius 2 is 1.86 bits per heavy atom. The number of piperidine rings is 1. The molecule has 0 N–H and O–H groups in total. The van der Waals surface area contributed by atoms with E-state index in [0.29, 0.717) is 18.0 Å². The Bertz CT molecular complexity index is 961. The number of halogens is 1. The fourth-order valence-electron chi connectivity index (χ4n) is 3.86. The maximum absolute atomic E-state index is 12.8. The van der Waals surface area contributed by atoms with Gasteiger partial charge in [0.2, 0.25) is 5.91 Å². The van der Waals surface area contributed by atoms with E-state index in [1.807, 2.05) is 65.7 Å². The van der Waals surface area contributed by atoms with Crippen LogP contribution in [0.2, 0.25) is 5.02 Å². The zero-order valence-electron chi connectivity index (χ0n) is 15.6. The highest BCUT2D eigenvalue weighted by Gasteiger charge is 2.27. The highest BCUT2D eigenvalue weighted by molar-refractivity contribution is 6.33. The average molecular weight is 392 g/mol. The van der Waals surface area contributed by atoms with Gasteiger partial charge in [-0.2, -0.15) is 0 Å². The van der Waals surface area contributed by atoms with Crippen LogP contribution in [0.25, 0.3) is 11.1 Å². The molecule has 0 spiro atoms. The fraction of sp³-hybridized carbons (Fsp3) is 0.261. The predicted molar refractivity (Wildman–Crippen MR) is 111 cm³/mol. The number of hydrogen-bond acceptors (Lipinski definition) is 3. The molecule has 4 nitrogen and oxygen atoms in total. The normalized spacial score (nSPS) is 16.8. The maximum Gasteiger partial charge on any atom is 0.227 e. The number of rotatable bonds is 4. The van der Waals surface area contributed by atoms with E-state index in [-0.39, 0.29) is 11.8 Å². The second-order valence-corrected chi connectivity index (χ2v) is 7.55. The first-order chi connectivity index (χ1) is 13.7. The van der Waals surface area contributed by atoms with Crippen molar-refractivity contribution >= 4 is 17.5 Å². The number of carbonyl (C=O) groups excluding carboxylic acids is 1. The Morgan fingerprint density at radius 3 is 2.68 bits per heavy atom. The highest BCUT2D eigenvalue weighted by Crippen LogP contribution is 2.35. The summed E-state index contributed by atoms with van der Waals surface area (Å²) in [4.78, 5) is 23.6. The largest absolute Gasteiger partial charge is 0.342 e. The van der Waals surface area contributed by atoms with Crippen molar-refractivity contribution in [3.63, 3.8) is 0 Å². The van der Waals surface area contributed by atoms with E-state index in [4.69, 9.17) is 11.6 Å². The molecule has 1 atom stereocenters. The lowest BCUT2D eigenvalue weighted by Gasteiger charge is -2.33. The van der Waals surface area contributed by atoms with Crippen LogP contribution in [-0.2, 0) is 11.2 Å². The lowest BCUT2D eigenvalue weighted by Crippen LogP contribution is -2.40. The van der Waals surface area contributed by atoms with Crippen LogP contribution in [0.5, 0.6) is 0 Å². The Hall–Kier alpha value is -2.72. The van der Waals surface area contributed by atoms with Gasteiger partial charge >= 0.3 is 0 Å². The summed E-state index contributed by atoms with van der Waals surface area (Å²) in [7, 11) is 0. The van der Waals surface area contributed by atoms with Crippen LogP contribution < -0.4 is 0 Å². The molecule has 5 heteroatoms. The minimum atomic E-state index is 0.171. The predicted octanol–water partition coefficient (Wildman–Crippen LogP) is 4.75. The zero-order valence-corrected chi connectivity index (χ0v) is 16.3. The van der Waals surface area contributed by atoms with Crippen LogP contribution in [0.4, 0.5) is 0 Å². The second kappa shape index (κ2) is 8.53. The Balaban J connectivity index is 1.56. The number of hydrogen-bond donors (Lipinski definition) is 0. The van der Waals surface area contributed by atoms with Crippen molar-refractivity contribution < 1.29 is 4.79 Å². The molecule has 0 saturated carbocycles. The molecule has 142 valence electrons. The molecule has 1 aromatic heterocycles. The summed E-state index contributed by atoms with van der Waals surface area (Å²) in [6.45, 7) is 1.48. The van der Waals surface area contributed by atoms with Crippen LogP contribution in [0, 0.1) is 0 Å². The van der Waals surface area contributed by atoms with Gasteiger partial charge in [-0.05, 0) is 24.5 Å². The summed E-state index contributed by atoms with van der Waals surface area (Å²) in [5.74, 6) is 0.354. The van der Waals surface area contributed by atoms with Gasteiger partial charge < -0.3 is 4.90 Å². The van der Waals surface area contributed by atoms with Crippen LogP contribution in [-0.4, -0.2) is 33.9 Å². The van der Waals surface area contributed by atoms with Gasteiger partial charge in [0.1, 0.15) is 6.33 Å². The standard InChI is InChI=1S/C23H22ClN3O/c24-21-11-5-4-10-19(21)20-14-25-16-26-23(20)18-9-6-12-27(15-18)22(28)13-17-7-2-1-3-8-17/h1-5,7-8,10-11,14,16,18H,6,9,12-13,15H2. The van der Waals surface area contributed by atoms with E-state index in [2.05, 4.69) is 9.97 Å². The molecule has 2 aromatic carbocycles. The van der Waals surface area contributed by atoms with Crippen molar-refractivity contribution in [2.24, 2.45) is 0 Å². The SMILES string of the molecule is O=C(Cc1ccccc1)N1CCCC(c2ncncc2-c2ccccc2Cl)C1. The smallest absolute Gasteiger partial charge is 0.227 e. The molecule has 1 unspecified atom stereocenters. The molecule has 1 aliphatic rings. The fourth-order valence-corrected chi connectivity index (χ4v) is 4.10. The molecule has 2 heterocycles. The van der Waals surface area contributed by atoms with Crippen LogP contribution >= 0.6 is 11.6 Å². The van der Waals surface area contributed by atoms with Crippen molar-refractivity contribution in [1.29, 1.82) is 0 Å². The first-order valence-electron chi connectivity index (χ1n) is 9.59. The summed E-state index contributed by atoms with van der Waals surface area (Å²) in [6, 6.07) is 17.7. The third-order valence-corrected chi connectivity index (χ3v) is 5.60. The van der Waals surface area contributed by atoms with Gasteiger partial charge in [0.25, 0.3) is 0 Å². The van der Waals surface area contributed by atoms with Gasteiger partial charge in [0, 0.05) is 41.4 Å². The Labute approximate surface area is 170 Å². The van der Waals surface area contributed by atoms with Crippen molar-refractivity contribution in [2.75, 3.05) is 13.1 Å². The molecule has 0 radical (unpaired) electrons. The van der Waals surface area contributed by atoms with E-state index in [1.165, 1.54) is 0 Å². The van der Waals surface area contributed by atoms with Gasteiger partial charge in [-0.1, -0.05) is 60.1 Å². The third kappa shape index (κ3) is 4.07. The summed E-state index contributed by atoms with van der Waals surface area (Å²) in [6.07, 6.45) is 5.82. The summed E-state index contributed by atoms with van der Waals surface area (Å²) >= 11 is 6.42. The molecule has 0 aliphatic carbocycles. The molecule has 1 saturated heterocycles. The average Bonchev–Trinajstić information content (AvgIpc) is 2.75. The first-order valence-corrected chi connectivity index (χ1v) is 9.96. The van der Waals surface area contributed by atoms with Gasteiger partial charge in [-0.25, -0.2) is 9.97 Å². The minimum Gasteiger partial charge on any atom is -0.342 e. The van der Waals surface area contributed by atoms with Gasteiger partial charge in [-0.3, -0.25) is 4.79 Å². The van der Waals surface area contributed by atoms with E-state index < -0.39 is 0 Å². The third-order valence-electron chi connectivity index (χ3n) is 5.27. The van der Waals surface area contributed by atoms with Crippen molar-refractivity contribution in [1.82, 2.24) is 14.9 Å². The number of aromatic nitrogens is 2. The Morgan fingerprint density at radius 1 is 1.07 bits per heavy atom. The number of nitrogens with zero attached hydrogens (tertiary/aromatic N) is 3. The summed E-state index contributed by atoms with van der Waals surface area (Å²) in [5.41, 5.74) is 3.91. The van der Waals surface area contributed by atoms with E-state index in [0.717, 1.165) is 41.8 Å². The number of benzene rings is 2. The zero-order chi connectivity index (χ0) is 19.3. The van der Waals surface area contributed by atoms with Crippen LogP contribution in [0.1, 0.15) is 30.0 Å². The second-order valence-electron chi connectivity index (χ2n) is 7.14. The Kier molecular flexibility index (Phi) is 5.68.